The van der Waals surface area contributed by atoms with Crippen LogP contribution in [0.5, 0.6) is 11.5 Å². The average Bonchev–Trinajstić information content (AvgIpc) is 2.83. The number of hydrogen-bond acceptors (Lipinski definition) is 3. The highest BCUT2D eigenvalue weighted by atomic mass is 19.4. The largest absolute Gasteiger partial charge is 0.494 e. The summed E-state index contributed by atoms with van der Waals surface area (Å²) in [6.45, 7) is 4.78. The molecule has 0 atom stereocenters. The van der Waals surface area contributed by atoms with Crippen molar-refractivity contribution in [3.05, 3.63) is 47.8 Å². The lowest BCUT2D eigenvalue weighted by molar-refractivity contribution is -0.144. The summed E-state index contributed by atoms with van der Waals surface area (Å²) in [5.41, 5.74) is -1.51. The number of ether oxygens (including phenoxy) is 2. The van der Waals surface area contributed by atoms with Gasteiger partial charge in [-0.05, 0) is 42.7 Å². The van der Waals surface area contributed by atoms with Gasteiger partial charge in [0.25, 0.3) is 0 Å². The van der Waals surface area contributed by atoms with Crippen LogP contribution in [0.1, 0.15) is 96.5 Å². The van der Waals surface area contributed by atoms with E-state index in [4.69, 9.17) is 9.47 Å². The summed E-state index contributed by atoms with van der Waals surface area (Å²) < 4.78 is 66.9. The van der Waals surface area contributed by atoms with E-state index in [-0.39, 0.29) is 17.5 Å². The normalized spacial score (nSPS) is 11.5. The molecule has 0 unspecified atom stereocenters. The molecular formula is C29H38F4O3. The summed E-state index contributed by atoms with van der Waals surface area (Å²) in [4.78, 5) is 12.1. The maximum atomic E-state index is 15.1. The fourth-order valence-electron chi connectivity index (χ4n) is 3.98. The smallest absolute Gasteiger partial charge is 0.422 e. The number of carbonyl (C=O) groups excluding carboxylic acids is 1. The Hall–Kier alpha value is -2.57. The number of alkyl halides is 3. The van der Waals surface area contributed by atoms with Gasteiger partial charge in [0.15, 0.2) is 0 Å². The molecule has 200 valence electrons. The van der Waals surface area contributed by atoms with Crippen LogP contribution in [0.4, 0.5) is 17.6 Å². The Kier molecular flexibility index (Phi) is 12.8. The minimum Gasteiger partial charge on any atom is -0.494 e. The summed E-state index contributed by atoms with van der Waals surface area (Å²) in [5.74, 6) is -2.48. The topological polar surface area (TPSA) is 35.5 Å². The number of hydrogen-bond donors (Lipinski definition) is 0. The quantitative estimate of drug-likeness (QED) is 0.0976. The number of benzene rings is 2. The van der Waals surface area contributed by atoms with Gasteiger partial charge in [-0.3, -0.25) is 4.79 Å². The zero-order valence-corrected chi connectivity index (χ0v) is 21.4. The van der Waals surface area contributed by atoms with Crippen molar-refractivity contribution in [1.29, 1.82) is 0 Å². The first-order chi connectivity index (χ1) is 17.3. The molecule has 0 saturated heterocycles. The molecule has 3 nitrogen and oxygen atoms in total. The van der Waals surface area contributed by atoms with Gasteiger partial charge in [0.1, 0.15) is 22.9 Å². The van der Waals surface area contributed by atoms with E-state index in [2.05, 4.69) is 13.8 Å². The Morgan fingerprint density at radius 1 is 0.778 bits per heavy atom. The second-order valence-electron chi connectivity index (χ2n) is 9.08. The molecule has 0 aliphatic rings. The molecule has 7 heteroatoms. The monoisotopic (exact) mass is 510 g/mol. The number of unbranched alkanes of at least 4 members (excludes halogenated alkanes) is 9. The minimum absolute atomic E-state index is 0.00934. The van der Waals surface area contributed by atoms with Gasteiger partial charge in [0, 0.05) is 12.0 Å². The molecule has 0 fully saturated rings. The lowest BCUT2D eigenvalue weighted by Crippen LogP contribution is -2.16. The molecule has 0 aliphatic carbocycles. The highest BCUT2D eigenvalue weighted by molar-refractivity contribution is 5.74. The summed E-state index contributed by atoms with van der Waals surface area (Å²) in [5, 5.41) is 0. The number of halogens is 4. The Bertz CT molecular complexity index is 923. The van der Waals surface area contributed by atoms with E-state index < -0.39 is 29.3 Å². The molecule has 0 radical (unpaired) electrons. The summed E-state index contributed by atoms with van der Waals surface area (Å²) in [6.07, 6.45) is 6.13. The Morgan fingerprint density at radius 3 is 1.97 bits per heavy atom. The second-order valence-corrected chi connectivity index (χ2v) is 9.08. The highest BCUT2D eigenvalue weighted by Crippen LogP contribution is 2.42. The Labute approximate surface area is 212 Å². The van der Waals surface area contributed by atoms with E-state index in [0.717, 1.165) is 44.6 Å². The van der Waals surface area contributed by atoms with Crippen LogP contribution in [-0.4, -0.2) is 12.6 Å². The van der Waals surface area contributed by atoms with Crippen LogP contribution >= 0.6 is 0 Å². The van der Waals surface area contributed by atoms with E-state index in [1.54, 1.807) is 12.1 Å². The minimum atomic E-state index is -5.02. The van der Waals surface area contributed by atoms with Crippen molar-refractivity contribution in [3.63, 3.8) is 0 Å². The van der Waals surface area contributed by atoms with Crippen molar-refractivity contribution in [3.8, 4) is 22.6 Å². The van der Waals surface area contributed by atoms with E-state index >= 15 is 4.39 Å². The molecule has 2 aromatic carbocycles. The Balaban J connectivity index is 2.04. The molecule has 36 heavy (non-hydrogen) atoms. The zero-order valence-electron chi connectivity index (χ0n) is 21.4. The van der Waals surface area contributed by atoms with Crippen LogP contribution in [0.15, 0.2) is 36.4 Å². The van der Waals surface area contributed by atoms with Crippen molar-refractivity contribution in [2.24, 2.45) is 0 Å². The van der Waals surface area contributed by atoms with Crippen molar-refractivity contribution < 1.29 is 31.8 Å². The summed E-state index contributed by atoms with van der Waals surface area (Å²) in [6, 6.07) is 8.51. The van der Waals surface area contributed by atoms with Gasteiger partial charge in [0.2, 0.25) is 0 Å². The van der Waals surface area contributed by atoms with Crippen LogP contribution in [0.2, 0.25) is 0 Å². The first-order valence-electron chi connectivity index (χ1n) is 13.1. The molecule has 0 N–H and O–H groups in total. The predicted octanol–water partition coefficient (Wildman–Crippen LogP) is 9.52. The SMILES string of the molecule is CCCCCCCCOc1ccc(-c2ccc(OC(=O)CCCCCCC)c(C(F)(F)F)c2F)cc1. The van der Waals surface area contributed by atoms with E-state index in [0.29, 0.717) is 18.8 Å². The van der Waals surface area contributed by atoms with Crippen molar-refractivity contribution >= 4 is 5.97 Å². The van der Waals surface area contributed by atoms with Crippen molar-refractivity contribution in [2.45, 2.75) is 97.1 Å². The number of esters is 1. The second kappa shape index (κ2) is 15.5. The van der Waals surface area contributed by atoms with Gasteiger partial charge in [-0.15, -0.1) is 0 Å². The Morgan fingerprint density at radius 2 is 1.36 bits per heavy atom. The molecule has 0 heterocycles. The van der Waals surface area contributed by atoms with Crippen LogP contribution in [0, 0.1) is 5.82 Å². The average molecular weight is 511 g/mol. The third kappa shape index (κ3) is 9.82. The van der Waals surface area contributed by atoms with Gasteiger partial charge in [0.05, 0.1) is 6.61 Å². The van der Waals surface area contributed by atoms with E-state index in [1.807, 2.05) is 0 Å². The third-order valence-corrected chi connectivity index (χ3v) is 6.03. The molecule has 0 aromatic heterocycles. The molecule has 0 aliphatic heterocycles. The molecule has 0 saturated carbocycles. The van der Waals surface area contributed by atoms with Gasteiger partial charge in [-0.1, -0.05) is 83.8 Å². The molecular weight excluding hydrogens is 472 g/mol. The third-order valence-electron chi connectivity index (χ3n) is 6.03. The van der Waals surface area contributed by atoms with Crippen LogP contribution in [0.3, 0.4) is 0 Å². The number of carbonyl (C=O) groups is 1. The van der Waals surface area contributed by atoms with E-state index in [9.17, 15) is 18.0 Å². The lowest BCUT2D eigenvalue weighted by Gasteiger charge is -2.16. The van der Waals surface area contributed by atoms with Gasteiger partial charge >= 0.3 is 12.1 Å². The standard InChI is InChI=1S/C29H38F4O3/c1-3-5-7-9-11-13-21-35-23-17-15-22(16-18-23)24-19-20-25(27(28(24)30)29(31,32)33)36-26(34)14-12-10-8-6-4-2/h15-20H,3-14,21H2,1-2H3. The van der Waals surface area contributed by atoms with Crippen LogP contribution in [-0.2, 0) is 11.0 Å². The van der Waals surface area contributed by atoms with Crippen LogP contribution < -0.4 is 9.47 Å². The van der Waals surface area contributed by atoms with Crippen LogP contribution in [0.25, 0.3) is 11.1 Å². The zero-order chi connectivity index (χ0) is 26.4. The summed E-state index contributed by atoms with van der Waals surface area (Å²) in [7, 11) is 0. The van der Waals surface area contributed by atoms with Gasteiger partial charge < -0.3 is 9.47 Å². The lowest BCUT2D eigenvalue weighted by atomic mass is 10.0. The number of rotatable bonds is 16. The maximum absolute atomic E-state index is 15.1. The first kappa shape index (κ1) is 29.7. The van der Waals surface area contributed by atoms with Crippen molar-refractivity contribution in [2.75, 3.05) is 6.61 Å². The molecule has 2 aromatic rings. The van der Waals surface area contributed by atoms with Gasteiger partial charge in [-0.2, -0.15) is 13.2 Å². The predicted molar refractivity (Wildman–Crippen MR) is 135 cm³/mol. The first-order valence-corrected chi connectivity index (χ1v) is 13.1. The molecule has 0 bridgehead atoms. The maximum Gasteiger partial charge on any atom is 0.422 e. The van der Waals surface area contributed by atoms with Crippen molar-refractivity contribution in [1.82, 2.24) is 0 Å². The van der Waals surface area contributed by atoms with E-state index in [1.165, 1.54) is 43.9 Å². The fraction of sp³-hybridized carbons (Fsp3) is 0.552. The molecule has 2 rings (SSSR count). The van der Waals surface area contributed by atoms with Gasteiger partial charge in [-0.25, -0.2) is 4.39 Å². The fourth-order valence-corrected chi connectivity index (χ4v) is 3.98. The summed E-state index contributed by atoms with van der Waals surface area (Å²) >= 11 is 0. The highest BCUT2D eigenvalue weighted by Gasteiger charge is 2.39. The molecule has 0 spiro atoms. The molecule has 0 amide bonds.